The normalized spacial score (nSPS) is 11.9. The molecular weight excluding hydrogens is 168 g/mol. The fraction of sp³-hybridized carbons (Fsp3) is 0.643. The van der Waals surface area contributed by atoms with Crippen molar-refractivity contribution in [3.8, 4) is 0 Å². The SMILES string of the molecule is [CH2]CCCCC=CCCCC=CCC. The van der Waals surface area contributed by atoms with Crippen molar-refractivity contribution in [1.29, 1.82) is 0 Å². The summed E-state index contributed by atoms with van der Waals surface area (Å²) in [6.45, 7) is 6.01. The van der Waals surface area contributed by atoms with Gasteiger partial charge in [-0.05, 0) is 38.5 Å². The van der Waals surface area contributed by atoms with Gasteiger partial charge in [0.1, 0.15) is 0 Å². The molecular formula is C14H25. The van der Waals surface area contributed by atoms with Crippen LogP contribution in [0.3, 0.4) is 0 Å². The summed E-state index contributed by atoms with van der Waals surface area (Å²) < 4.78 is 0. The van der Waals surface area contributed by atoms with Crippen LogP contribution >= 0.6 is 0 Å². The van der Waals surface area contributed by atoms with E-state index in [9.17, 15) is 0 Å². The van der Waals surface area contributed by atoms with Gasteiger partial charge in [0.2, 0.25) is 0 Å². The van der Waals surface area contributed by atoms with Crippen LogP contribution in [0, 0.1) is 6.92 Å². The van der Waals surface area contributed by atoms with Crippen LogP contribution in [0.1, 0.15) is 58.3 Å². The second kappa shape index (κ2) is 12.5. The zero-order chi connectivity index (χ0) is 10.5. The number of allylic oxidation sites excluding steroid dienone is 4. The molecule has 0 aliphatic carbocycles. The van der Waals surface area contributed by atoms with E-state index in [1.807, 2.05) is 0 Å². The number of hydrogen-bond acceptors (Lipinski definition) is 0. The highest BCUT2D eigenvalue weighted by atomic mass is 13.9. The van der Waals surface area contributed by atoms with Crippen LogP contribution in [0.2, 0.25) is 0 Å². The maximum Gasteiger partial charge on any atom is -0.0348 e. The second-order valence-electron chi connectivity index (χ2n) is 3.63. The highest BCUT2D eigenvalue weighted by molar-refractivity contribution is 4.84. The molecule has 0 aromatic rings. The predicted molar refractivity (Wildman–Crippen MR) is 66.2 cm³/mol. The molecule has 0 spiro atoms. The first-order valence-corrected chi connectivity index (χ1v) is 6.01. The Morgan fingerprint density at radius 1 is 0.786 bits per heavy atom. The summed E-state index contributed by atoms with van der Waals surface area (Å²) in [5.41, 5.74) is 0. The highest BCUT2D eigenvalue weighted by Gasteiger charge is 1.82. The zero-order valence-corrected chi connectivity index (χ0v) is 9.67. The summed E-state index contributed by atoms with van der Waals surface area (Å²) in [4.78, 5) is 0. The van der Waals surface area contributed by atoms with Gasteiger partial charge in [-0.1, -0.05) is 51.0 Å². The van der Waals surface area contributed by atoms with Crippen LogP contribution in [0.25, 0.3) is 0 Å². The first-order chi connectivity index (χ1) is 6.91. The standard InChI is InChI=1S/C14H25/c1-3-5-7-9-11-13-14-12-10-8-6-4-2/h6,8,11,13H,1,3-5,7,9-10,12,14H2,2H3. The minimum Gasteiger partial charge on any atom is -0.0888 e. The van der Waals surface area contributed by atoms with E-state index in [2.05, 4.69) is 38.2 Å². The van der Waals surface area contributed by atoms with Crippen molar-refractivity contribution in [1.82, 2.24) is 0 Å². The Morgan fingerprint density at radius 2 is 1.36 bits per heavy atom. The van der Waals surface area contributed by atoms with Gasteiger partial charge in [0.05, 0.1) is 0 Å². The lowest BCUT2D eigenvalue weighted by Crippen LogP contribution is -1.72. The molecule has 1 radical (unpaired) electrons. The molecule has 0 rings (SSSR count). The maximum atomic E-state index is 3.83. The lowest BCUT2D eigenvalue weighted by Gasteiger charge is -1.92. The number of unbranched alkanes of at least 4 members (excludes halogenated alkanes) is 5. The fourth-order valence-corrected chi connectivity index (χ4v) is 1.31. The van der Waals surface area contributed by atoms with E-state index in [0.717, 1.165) is 6.42 Å². The van der Waals surface area contributed by atoms with E-state index in [1.54, 1.807) is 0 Å². The average molecular weight is 193 g/mol. The molecule has 0 aliphatic rings. The molecule has 81 valence electrons. The fourth-order valence-electron chi connectivity index (χ4n) is 1.31. The van der Waals surface area contributed by atoms with Crippen molar-refractivity contribution in [3.63, 3.8) is 0 Å². The van der Waals surface area contributed by atoms with E-state index in [1.165, 1.54) is 44.9 Å². The van der Waals surface area contributed by atoms with Crippen LogP contribution in [0.5, 0.6) is 0 Å². The molecule has 0 saturated heterocycles. The van der Waals surface area contributed by atoms with Crippen molar-refractivity contribution in [2.75, 3.05) is 0 Å². The van der Waals surface area contributed by atoms with E-state index in [4.69, 9.17) is 0 Å². The Hall–Kier alpha value is -0.520. The Balaban J connectivity index is 3.07. The van der Waals surface area contributed by atoms with Crippen LogP contribution in [-0.4, -0.2) is 0 Å². The van der Waals surface area contributed by atoms with Gasteiger partial charge in [-0.2, -0.15) is 0 Å². The Kier molecular flexibility index (Phi) is 12.0. The molecule has 0 nitrogen and oxygen atoms in total. The predicted octanol–water partition coefficient (Wildman–Crippen LogP) is 5.07. The molecule has 0 aliphatic heterocycles. The summed E-state index contributed by atoms with van der Waals surface area (Å²) in [5.74, 6) is 0. The zero-order valence-electron chi connectivity index (χ0n) is 9.67. The molecule has 0 unspecified atom stereocenters. The summed E-state index contributed by atoms with van der Waals surface area (Å²) >= 11 is 0. The summed E-state index contributed by atoms with van der Waals surface area (Å²) in [6.07, 6.45) is 19.0. The average Bonchev–Trinajstić information content (AvgIpc) is 2.21. The monoisotopic (exact) mass is 193 g/mol. The van der Waals surface area contributed by atoms with Gasteiger partial charge in [-0.3, -0.25) is 0 Å². The third kappa shape index (κ3) is 11.5. The quantitative estimate of drug-likeness (QED) is 0.354. The molecule has 0 heterocycles. The second-order valence-corrected chi connectivity index (χ2v) is 3.63. The number of rotatable bonds is 9. The number of hydrogen-bond donors (Lipinski definition) is 0. The van der Waals surface area contributed by atoms with Gasteiger partial charge in [0.15, 0.2) is 0 Å². The molecule has 0 N–H and O–H groups in total. The molecule has 0 atom stereocenters. The van der Waals surface area contributed by atoms with Crippen molar-refractivity contribution in [3.05, 3.63) is 31.2 Å². The van der Waals surface area contributed by atoms with Crippen LogP contribution in [0.15, 0.2) is 24.3 Å². The molecule has 0 aromatic heterocycles. The first kappa shape index (κ1) is 13.5. The van der Waals surface area contributed by atoms with Gasteiger partial charge in [0.25, 0.3) is 0 Å². The third-order valence-corrected chi connectivity index (χ3v) is 2.18. The van der Waals surface area contributed by atoms with Crippen molar-refractivity contribution < 1.29 is 0 Å². The third-order valence-electron chi connectivity index (χ3n) is 2.18. The van der Waals surface area contributed by atoms with Gasteiger partial charge in [0, 0.05) is 0 Å². The van der Waals surface area contributed by atoms with Crippen molar-refractivity contribution in [2.24, 2.45) is 0 Å². The van der Waals surface area contributed by atoms with E-state index >= 15 is 0 Å². The molecule has 0 amide bonds. The molecule has 0 fully saturated rings. The molecule has 14 heavy (non-hydrogen) atoms. The van der Waals surface area contributed by atoms with E-state index in [-0.39, 0.29) is 0 Å². The Bertz CT molecular complexity index is 142. The lowest BCUT2D eigenvalue weighted by molar-refractivity contribution is 0.757. The van der Waals surface area contributed by atoms with Gasteiger partial charge in [-0.25, -0.2) is 0 Å². The van der Waals surface area contributed by atoms with Gasteiger partial charge < -0.3 is 0 Å². The molecule has 0 saturated carbocycles. The molecule has 0 heteroatoms. The molecule has 0 aromatic carbocycles. The van der Waals surface area contributed by atoms with Gasteiger partial charge >= 0.3 is 0 Å². The molecule has 0 bridgehead atoms. The summed E-state index contributed by atoms with van der Waals surface area (Å²) in [6, 6.07) is 0. The maximum absolute atomic E-state index is 3.83. The minimum absolute atomic E-state index is 1.08. The van der Waals surface area contributed by atoms with E-state index < -0.39 is 0 Å². The van der Waals surface area contributed by atoms with Crippen LogP contribution in [0.4, 0.5) is 0 Å². The van der Waals surface area contributed by atoms with Crippen LogP contribution < -0.4 is 0 Å². The van der Waals surface area contributed by atoms with Crippen LogP contribution in [-0.2, 0) is 0 Å². The van der Waals surface area contributed by atoms with Gasteiger partial charge in [-0.15, -0.1) is 0 Å². The van der Waals surface area contributed by atoms with Crippen molar-refractivity contribution >= 4 is 0 Å². The van der Waals surface area contributed by atoms with E-state index in [0.29, 0.717) is 0 Å². The smallest absolute Gasteiger partial charge is 0.0348 e. The first-order valence-electron chi connectivity index (χ1n) is 6.01. The minimum atomic E-state index is 1.08. The summed E-state index contributed by atoms with van der Waals surface area (Å²) in [7, 11) is 0. The summed E-state index contributed by atoms with van der Waals surface area (Å²) in [5, 5.41) is 0. The Morgan fingerprint density at radius 3 is 1.93 bits per heavy atom. The Labute approximate surface area is 90.1 Å². The highest BCUT2D eigenvalue weighted by Crippen LogP contribution is 2.02. The largest absolute Gasteiger partial charge is 0.0888 e. The topological polar surface area (TPSA) is 0 Å². The van der Waals surface area contributed by atoms with Crippen molar-refractivity contribution in [2.45, 2.75) is 58.3 Å². The lowest BCUT2D eigenvalue weighted by atomic mass is 10.1.